The number of hydrogen-bond acceptors (Lipinski definition) is 9. The predicted octanol–water partition coefficient (Wildman–Crippen LogP) is -3.12. The van der Waals surface area contributed by atoms with Crippen LogP contribution >= 0.6 is 12.6 Å². The van der Waals surface area contributed by atoms with Crippen molar-refractivity contribution in [1.29, 1.82) is 0 Å². The second kappa shape index (κ2) is 14.6. The Morgan fingerprint density at radius 3 is 2.03 bits per heavy atom. The molecule has 10 N–H and O–H groups in total. The zero-order valence-corrected chi connectivity index (χ0v) is 19.5. The third kappa shape index (κ3) is 10.9. The second-order valence-corrected chi connectivity index (χ2v) is 7.89. The van der Waals surface area contributed by atoms with Crippen LogP contribution in [-0.2, 0) is 35.2 Å². The lowest BCUT2D eigenvalue weighted by Gasteiger charge is -2.24. The van der Waals surface area contributed by atoms with Gasteiger partial charge in [-0.05, 0) is 12.8 Å². The van der Waals surface area contributed by atoms with Gasteiger partial charge in [-0.3, -0.25) is 24.0 Å². The summed E-state index contributed by atoms with van der Waals surface area (Å²) in [6.45, 7) is 0. The van der Waals surface area contributed by atoms with Crippen LogP contribution in [0.2, 0.25) is 0 Å². The Kier molecular flexibility index (Phi) is 12.2. The quantitative estimate of drug-likeness (QED) is 0.1000. The molecule has 35 heavy (non-hydrogen) atoms. The van der Waals surface area contributed by atoms with E-state index in [0.717, 1.165) is 0 Å². The molecular formula is C19H29N7O8S. The number of carboxylic acids is 2. The fraction of sp³-hybridized carbons (Fsp3) is 0.526. The molecule has 15 nitrogen and oxygen atoms in total. The van der Waals surface area contributed by atoms with Crippen LogP contribution in [0.25, 0.3) is 0 Å². The highest BCUT2D eigenvalue weighted by Crippen LogP contribution is 2.05. The second-order valence-electron chi connectivity index (χ2n) is 7.53. The fourth-order valence-electron chi connectivity index (χ4n) is 2.81. The number of rotatable bonds is 16. The van der Waals surface area contributed by atoms with Gasteiger partial charge in [0.1, 0.15) is 18.1 Å². The number of aromatic nitrogens is 2. The van der Waals surface area contributed by atoms with Crippen LogP contribution in [-0.4, -0.2) is 85.7 Å². The Morgan fingerprint density at radius 2 is 1.51 bits per heavy atom. The minimum absolute atomic E-state index is 0.000786. The van der Waals surface area contributed by atoms with E-state index >= 15 is 0 Å². The largest absolute Gasteiger partial charge is 0.481 e. The van der Waals surface area contributed by atoms with E-state index < -0.39 is 72.6 Å². The Hall–Kier alpha value is -3.66. The zero-order valence-electron chi connectivity index (χ0n) is 18.6. The zero-order chi connectivity index (χ0) is 26.5. The standard InChI is InChI=1S/C19H29N7O8S/c20-10(7-35)16(30)26-13(5-9-6-22-8-23-9)18(32)24-11(1-3-14(21)27)17(31)25-12(19(33)34)2-4-15(28)29/h6,8,10-13,35H,1-5,7,20H2,(H2,21,27)(H,22,23)(H,24,32)(H,25,31)(H,26,30)(H,28,29)(H,33,34). The number of aliphatic carboxylic acids is 2. The van der Waals surface area contributed by atoms with Crippen molar-refractivity contribution in [2.24, 2.45) is 11.5 Å². The van der Waals surface area contributed by atoms with E-state index in [-0.39, 0.29) is 25.0 Å². The summed E-state index contributed by atoms with van der Waals surface area (Å²) in [5.74, 6) is -6.01. The van der Waals surface area contributed by atoms with Crippen molar-refractivity contribution in [3.8, 4) is 0 Å². The molecule has 1 aromatic rings. The first-order chi connectivity index (χ1) is 16.4. The first-order valence-electron chi connectivity index (χ1n) is 10.4. The molecule has 1 heterocycles. The van der Waals surface area contributed by atoms with Gasteiger partial charge >= 0.3 is 11.9 Å². The number of imidazole rings is 1. The maximum Gasteiger partial charge on any atom is 0.326 e. The van der Waals surface area contributed by atoms with Gasteiger partial charge in [-0.15, -0.1) is 0 Å². The molecule has 1 aromatic heterocycles. The van der Waals surface area contributed by atoms with Crippen molar-refractivity contribution in [1.82, 2.24) is 25.9 Å². The number of carboxylic acid groups (broad SMARTS) is 2. The van der Waals surface area contributed by atoms with Crippen LogP contribution in [0.5, 0.6) is 0 Å². The molecule has 0 aliphatic carbocycles. The average molecular weight is 516 g/mol. The molecule has 4 unspecified atom stereocenters. The molecule has 0 fully saturated rings. The van der Waals surface area contributed by atoms with E-state index in [2.05, 4.69) is 38.5 Å². The van der Waals surface area contributed by atoms with Crippen LogP contribution in [0.3, 0.4) is 0 Å². The Morgan fingerprint density at radius 1 is 0.943 bits per heavy atom. The van der Waals surface area contributed by atoms with Gasteiger partial charge in [0, 0.05) is 36.9 Å². The molecular weight excluding hydrogens is 486 g/mol. The van der Waals surface area contributed by atoms with Gasteiger partial charge in [0.25, 0.3) is 0 Å². The molecule has 0 saturated carbocycles. The van der Waals surface area contributed by atoms with Gasteiger partial charge in [0.05, 0.1) is 12.4 Å². The molecule has 0 bridgehead atoms. The third-order valence-electron chi connectivity index (χ3n) is 4.72. The first-order valence-corrected chi connectivity index (χ1v) is 11.1. The molecule has 1 rings (SSSR count). The fourth-order valence-corrected chi connectivity index (χ4v) is 2.98. The minimum atomic E-state index is -1.56. The average Bonchev–Trinajstić information content (AvgIpc) is 3.30. The summed E-state index contributed by atoms with van der Waals surface area (Å²) in [6, 6.07) is -5.21. The highest BCUT2D eigenvalue weighted by molar-refractivity contribution is 7.80. The highest BCUT2D eigenvalue weighted by atomic mass is 32.1. The van der Waals surface area contributed by atoms with Crippen molar-refractivity contribution >= 4 is 48.2 Å². The number of thiol groups is 1. The smallest absolute Gasteiger partial charge is 0.326 e. The van der Waals surface area contributed by atoms with Gasteiger partial charge in [-0.1, -0.05) is 0 Å². The molecule has 0 saturated heterocycles. The van der Waals surface area contributed by atoms with E-state index in [4.69, 9.17) is 16.6 Å². The van der Waals surface area contributed by atoms with Gasteiger partial charge in [0.15, 0.2) is 0 Å². The Balaban J connectivity index is 3.05. The van der Waals surface area contributed by atoms with Crippen molar-refractivity contribution in [2.45, 2.75) is 56.3 Å². The number of H-pyrrole nitrogens is 1. The number of nitrogens with zero attached hydrogens (tertiary/aromatic N) is 1. The number of nitrogens with one attached hydrogen (secondary N) is 4. The molecule has 4 atom stereocenters. The number of primary amides is 1. The van der Waals surface area contributed by atoms with E-state index in [0.29, 0.717) is 5.69 Å². The Labute approximate surface area is 205 Å². The van der Waals surface area contributed by atoms with E-state index in [1.807, 2.05) is 0 Å². The van der Waals surface area contributed by atoms with Crippen LogP contribution in [0.4, 0.5) is 0 Å². The topological polar surface area (TPSA) is 260 Å². The SMILES string of the molecule is NC(=O)CCC(NC(=O)C(Cc1cnc[nH]1)NC(=O)C(N)CS)C(=O)NC(CCC(=O)O)C(=O)O. The van der Waals surface area contributed by atoms with Gasteiger partial charge in [0.2, 0.25) is 23.6 Å². The molecule has 0 aliphatic heterocycles. The van der Waals surface area contributed by atoms with Gasteiger partial charge in [-0.25, -0.2) is 9.78 Å². The number of hydrogen-bond donors (Lipinski definition) is 9. The highest BCUT2D eigenvalue weighted by Gasteiger charge is 2.31. The number of carbonyl (C=O) groups is 6. The number of carbonyl (C=O) groups excluding carboxylic acids is 4. The maximum atomic E-state index is 13.0. The van der Waals surface area contributed by atoms with Crippen molar-refractivity contribution in [3.05, 3.63) is 18.2 Å². The van der Waals surface area contributed by atoms with Crippen LogP contribution < -0.4 is 27.4 Å². The summed E-state index contributed by atoms with van der Waals surface area (Å²) in [5, 5.41) is 25.0. The van der Waals surface area contributed by atoms with Crippen LogP contribution in [0, 0.1) is 0 Å². The molecule has 4 amide bonds. The van der Waals surface area contributed by atoms with E-state index in [9.17, 15) is 33.9 Å². The monoisotopic (exact) mass is 515 g/mol. The normalized spacial score (nSPS) is 14.1. The Bertz CT molecular complexity index is 911. The van der Waals surface area contributed by atoms with Gasteiger partial charge < -0.3 is 42.6 Å². The number of nitrogens with two attached hydrogens (primary N) is 2. The van der Waals surface area contributed by atoms with Crippen LogP contribution in [0.1, 0.15) is 31.4 Å². The van der Waals surface area contributed by atoms with Crippen molar-refractivity contribution in [3.63, 3.8) is 0 Å². The minimum Gasteiger partial charge on any atom is -0.481 e. The molecule has 0 aromatic carbocycles. The van der Waals surface area contributed by atoms with Crippen molar-refractivity contribution in [2.75, 3.05) is 5.75 Å². The summed E-state index contributed by atoms with van der Waals surface area (Å²) >= 11 is 3.94. The summed E-state index contributed by atoms with van der Waals surface area (Å²) in [6.07, 6.45) is 1.18. The molecule has 0 radical (unpaired) electrons. The lowest BCUT2D eigenvalue weighted by Crippen LogP contribution is -2.58. The predicted molar refractivity (Wildman–Crippen MR) is 123 cm³/mol. The summed E-state index contributed by atoms with van der Waals surface area (Å²) in [4.78, 5) is 78.0. The molecule has 0 spiro atoms. The van der Waals surface area contributed by atoms with Crippen LogP contribution in [0.15, 0.2) is 12.5 Å². The maximum absolute atomic E-state index is 13.0. The number of aromatic amines is 1. The summed E-state index contributed by atoms with van der Waals surface area (Å²) in [5.41, 5.74) is 11.3. The van der Waals surface area contributed by atoms with Gasteiger partial charge in [-0.2, -0.15) is 12.6 Å². The van der Waals surface area contributed by atoms with Crippen molar-refractivity contribution < 1.29 is 39.0 Å². The first kappa shape index (κ1) is 29.4. The number of amides is 4. The van der Waals surface area contributed by atoms with E-state index in [1.54, 1.807) is 0 Å². The lowest BCUT2D eigenvalue weighted by molar-refractivity contribution is -0.143. The van der Waals surface area contributed by atoms with E-state index in [1.165, 1.54) is 12.5 Å². The molecule has 16 heteroatoms. The summed E-state index contributed by atoms with van der Waals surface area (Å²) in [7, 11) is 0. The summed E-state index contributed by atoms with van der Waals surface area (Å²) < 4.78 is 0. The third-order valence-corrected chi connectivity index (χ3v) is 5.11. The molecule has 194 valence electrons. The molecule has 0 aliphatic rings. The lowest BCUT2D eigenvalue weighted by atomic mass is 10.1.